The largest absolute Gasteiger partial charge is 0.360 e. The van der Waals surface area contributed by atoms with E-state index in [1.807, 2.05) is 23.1 Å². The molecule has 0 saturated carbocycles. The molecule has 1 unspecified atom stereocenters. The molecule has 0 N–H and O–H groups in total. The molecule has 17 heavy (non-hydrogen) atoms. The van der Waals surface area contributed by atoms with Crippen molar-refractivity contribution in [1.82, 2.24) is 19.8 Å². The third-order valence-electron chi connectivity index (χ3n) is 3.06. The van der Waals surface area contributed by atoms with Gasteiger partial charge in [-0.1, -0.05) is 5.16 Å². The fourth-order valence-electron chi connectivity index (χ4n) is 2.23. The fourth-order valence-corrected chi connectivity index (χ4v) is 2.53. The van der Waals surface area contributed by atoms with Crippen LogP contribution >= 0.6 is 15.9 Å². The third-order valence-corrected chi connectivity index (χ3v) is 3.47. The second-order valence-corrected chi connectivity index (χ2v) is 5.21. The van der Waals surface area contributed by atoms with Crippen LogP contribution in [0.5, 0.6) is 0 Å². The predicted molar refractivity (Wildman–Crippen MR) is 65.4 cm³/mol. The fraction of sp³-hybridized carbons (Fsp3) is 0.455. The Hall–Kier alpha value is -1.14. The first-order valence-corrected chi connectivity index (χ1v) is 6.42. The summed E-state index contributed by atoms with van der Waals surface area (Å²) in [6.07, 6.45) is 6.68. The van der Waals surface area contributed by atoms with E-state index in [2.05, 4.69) is 31.1 Å². The number of rotatable bonds is 3. The summed E-state index contributed by atoms with van der Waals surface area (Å²) < 4.78 is 8.18. The molecule has 1 fully saturated rings. The normalized spacial score (nSPS) is 21.1. The van der Waals surface area contributed by atoms with Crippen molar-refractivity contribution in [3.8, 4) is 0 Å². The Labute approximate surface area is 108 Å². The topological polar surface area (TPSA) is 47.1 Å². The van der Waals surface area contributed by atoms with Crippen molar-refractivity contribution in [3.63, 3.8) is 0 Å². The van der Waals surface area contributed by atoms with Crippen molar-refractivity contribution in [2.45, 2.75) is 19.0 Å². The number of aromatic nitrogens is 3. The summed E-state index contributed by atoms with van der Waals surface area (Å²) in [6.45, 7) is 2.91. The van der Waals surface area contributed by atoms with Crippen molar-refractivity contribution >= 4 is 15.9 Å². The van der Waals surface area contributed by atoms with Gasteiger partial charge in [0.15, 0.2) is 5.76 Å². The highest BCUT2D eigenvalue weighted by Gasteiger charge is 2.24. The Morgan fingerprint density at radius 1 is 1.53 bits per heavy atom. The lowest BCUT2D eigenvalue weighted by Gasteiger charge is -2.14. The van der Waals surface area contributed by atoms with E-state index >= 15 is 0 Å². The summed E-state index contributed by atoms with van der Waals surface area (Å²) in [5.41, 5.74) is 0. The van der Waals surface area contributed by atoms with Gasteiger partial charge < -0.3 is 4.52 Å². The zero-order valence-corrected chi connectivity index (χ0v) is 10.9. The van der Waals surface area contributed by atoms with Gasteiger partial charge in [-0.15, -0.1) is 0 Å². The first-order valence-electron chi connectivity index (χ1n) is 5.63. The van der Waals surface area contributed by atoms with E-state index in [9.17, 15) is 0 Å². The number of halogens is 1. The van der Waals surface area contributed by atoms with E-state index in [0.29, 0.717) is 6.04 Å². The molecule has 0 spiro atoms. The quantitative estimate of drug-likeness (QED) is 0.870. The van der Waals surface area contributed by atoms with Gasteiger partial charge in [0.25, 0.3) is 0 Å². The third kappa shape index (κ3) is 2.42. The van der Waals surface area contributed by atoms with Crippen LogP contribution in [0.1, 0.15) is 18.2 Å². The Morgan fingerprint density at radius 2 is 2.47 bits per heavy atom. The average molecular weight is 297 g/mol. The van der Waals surface area contributed by atoms with Crippen LogP contribution < -0.4 is 0 Å². The van der Waals surface area contributed by atoms with Crippen LogP contribution in [0.4, 0.5) is 0 Å². The van der Waals surface area contributed by atoms with Gasteiger partial charge in [-0.25, -0.2) is 0 Å². The maximum Gasteiger partial charge on any atom is 0.150 e. The monoisotopic (exact) mass is 296 g/mol. The molecule has 1 aliphatic rings. The minimum absolute atomic E-state index is 0.462. The molecule has 0 aliphatic carbocycles. The van der Waals surface area contributed by atoms with Crippen molar-refractivity contribution in [2.24, 2.45) is 0 Å². The van der Waals surface area contributed by atoms with Crippen LogP contribution in [0.15, 0.2) is 33.7 Å². The van der Waals surface area contributed by atoms with E-state index in [-0.39, 0.29) is 0 Å². The first-order chi connectivity index (χ1) is 8.31. The van der Waals surface area contributed by atoms with Crippen LogP contribution in [0.2, 0.25) is 0 Å². The van der Waals surface area contributed by atoms with Crippen LogP contribution in [0.25, 0.3) is 0 Å². The highest BCUT2D eigenvalue weighted by atomic mass is 79.9. The minimum Gasteiger partial charge on any atom is -0.360 e. The zero-order chi connectivity index (χ0) is 11.7. The van der Waals surface area contributed by atoms with Gasteiger partial charge in [-0.05, 0) is 22.4 Å². The standard InChI is InChI=1S/C11H13BrN4O/c12-9-5-13-16(6-9)10-2-4-15(7-10)8-11-1-3-14-17-11/h1,3,5-6,10H,2,4,7-8H2. The lowest BCUT2D eigenvalue weighted by atomic mass is 10.3. The first kappa shape index (κ1) is 11.0. The van der Waals surface area contributed by atoms with Gasteiger partial charge in [-0.2, -0.15) is 5.10 Å². The summed E-state index contributed by atoms with van der Waals surface area (Å²) in [4.78, 5) is 2.36. The summed E-state index contributed by atoms with van der Waals surface area (Å²) in [5, 5.41) is 8.06. The molecule has 0 aromatic carbocycles. The predicted octanol–water partition coefficient (Wildman–Crippen LogP) is 2.08. The Bertz CT molecular complexity index is 481. The van der Waals surface area contributed by atoms with Crippen molar-refractivity contribution in [2.75, 3.05) is 13.1 Å². The van der Waals surface area contributed by atoms with E-state index < -0.39 is 0 Å². The average Bonchev–Trinajstić information content (AvgIpc) is 2.99. The van der Waals surface area contributed by atoms with Gasteiger partial charge in [0.2, 0.25) is 0 Å². The molecule has 0 radical (unpaired) electrons. The van der Waals surface area contributed by atoms with Gasteiger partial charge in [0.05, 0.1) is 29.5 Å². The van der Waals surface area contributed by atoms with E-state index in [1.165, 1.54) is 0 Å². The number of hydrogen-bond donors (Lipinski definition) is 0. The second kappa shape index (κ2) is 4.62. The van der Waals surface area contributed by atoms with Crippen molar-refractivity contribution in [1.29, 1.82) is 0 Å². The molecule has 2 aromatic rings. The van der Waals surface area contributed by atoms with Gasteiger partial charge in [0, 0.05) is 25.4 Å². The minimum atomic E-state index is 0.462. The Morgan fingerprint density at radius 3 is 3.18 bits per heavy atom. The molecule has 0 amide bonds. The van der Waals surface area contributed by atoms with Crippen molar-refractivity contribution in [3.05, 3.63) is 34.9 Å². The molecule has 90 valence electrons. The summed E-state index contributed by atoms with van der Waals surface area (Å²) in [6, 6.07) is 2.38. The number of nitrogens with zero attached hydrogens (tertiary/aromatic N) is 4. The van der Waals surface area contributed by atoms with E-state index in [4.69, 9.17) is 4.52 Å². The molecule has 3 rings (SSSR count). The second-order valence-electron chi connectivity index (χ2n) is 4.29. The molecule has 6 heteroatoms. The Balaban J connectivity index is 1.62. The summed E-state index contributed by atoms with van der Waals surface area (Å²) >= 11 is 3.42. The SMILES string of the molecule is Brc1cnn(C2CCN(Cc3ccno3)C2)c1. The van der Waals surface area contributed by atoms with E-state index in [0.717, 1.165) is 36.3 Å². The van der Waals surface area contributed by atoms with Gasteiger partial charge in [-0.3, -0.25) is 9.58 Å². The Kier molecular flexibility index (Phi) is 2.98. The molecule has 3 heterocycles. The molecule has 5 nitrogen and oxygen atoms in total. The molecule has 0 bridgehead atoms. The molecule has 2 aromatic heterocycles. The zero-order valence-electron chi connectivity index (χ0n) is 9.29. The molecule has 1 atom stereocenters. The molecule has 1 saturated heterocycles. The van der Waals surface area contributed by atoms with Crippen molar-refractivity contribution < 1.29 is 4.52 Å². The van der Waals surface area contributed by atoms with E-state index in [1.54, 1.807) is 6.20 Å². The van der Waals surface area contributed by atoms with Crippen LogP contribution in [-0.4, -0.2) is 32.9 Å². The highest BCUT2D eigenvalue weighted by molar-refractivity contribution is 9.10. The van der Waals surface area contributed by atoms with Crippen LogP contribution in [0, 0.1) is 0 Å². The van der Waals surface area contributed by atoms with Crippen LogP contribution in [-0.2, 0) is 6.54 Å². The van der Waals surface area contributed by atoms with Gasteiger partial charge >= 0.3 is 0 Å². The molecule has 1 aliphatic heterocycles. The summed E-state index contributed by atoms with van der Waals surface area (Å²) in [5.74, 6) is 0.923. The lowest BCUT2D eigenvalue weighted by Crippen LogP contribution is -2.21. The molecular formula is C11H13BrN4O. The number of hydrogen-bond acceptors (Lipinski definition) is 4. The molecular weight excluding hydrogens is 284 g/mol. The van der Waals surface area contributed by atoms with Gasteiger partial charge in [0.1, 0.15) is 0 Å². The number of likely N-dealkylation sites (tertiary alicyclic amines) is 1. The lowest BCUT2D eigenvalue weighted by molar-refractivity contribution is 0.264. The maximum absolute atomic E-state index is 5.12. The maximum atomic E-state index is 5.12. The van der Waals surface area contributed by atoms with Crippen LogP contribution in [0.3, 0.4) is 0 Å². The smallest absolute Gasteiger partial charge is 0.150 e. The highest BCUT2D eigenvalue weighted by Crippen LogP contribution is 2.23. The summed E-state index contributed by atoms with van der Waals surface area (Å²) in [7, 11) is 0.